The third-order valence-corrected chi connectivity index (χ3v) is 4.80. The molecule has 0 spiro atoms. The van der Waals surface area contributed by atoms with Gasteiger partial charge in [-0.3, -0.25) is 4.55 Å². The summed E-state index contributed by atoms with van der Waals surface area (Å²) in [6.45, 7) is 1.19. The maximum Gasteiger partial charge on any atom is 0.295 e. The summed E-state index contributed by atoms with van der Waals surface area (Å²) in [5.74, 6) is 0. The van der Waals surface area contributed by atoms with Gasteiger partial charge in [-0.15, -0.1) is 0 Å². The average Bonchev–Trinajstić information content (AvgIpc) is 2.62. The highest BCUT2D eigenvalue weighted by Crippen LogP contribution is 2.28. The van der Waals surface area contributed by atoms with Gasteiger partial charge < -0.3 is 5.32 Å². The molecule has 3 aromatic carbocycles. The Morgan fingerprint density at radius 1 is 0.760 bits per heavy atom. The molecule has 25 heavy (non-hydrogen) atoms. The van der Waals surface area contributed by atoms with Gasteiger partial charge in [-0.1, -0.05) is 72.8 Å². The van der Waals surface area contributed by atoms with Crippen LogP contribution in [0.2, 0.25) is 0 Å². The van der Waals surface area contributed by atoms with Crippen molar-refractivity contribution in [3.63, 3.8) is 0 Å². The summed E-state index contributed by atoms with van der Waals surface area (Å²) in [4.78, 5) is -0.0716. The first kappa shape index (κ1) is 17.4. The van der Waals surface area contributed by atoms with Crippen LogP contribution in [0, 0.1) is 0 Å². The van der Waals surface area contributed by atoms with Crippen molar-refractivity contribution in [3.05, 3.63) is 90.0 Å². The smallest absolute Gasteiger partial charge is 0.295 e. The van der Waals surface area contributed by atoms with Crippen molar-refractivity contribution < 1.29 is 13.0 Å². The maximum absolute atomic E-state index is 11.8. The van der Waals surface area contributed by atoms with Gasteiger partial charge in [0.1, 0.15) is 4.90 Å². The van der Waals surface area contributed by atoms with Crippen molar-refractivity contribution in [1.29, 1.82) is 0 Å². The Bertz CT molecular complexity index is 939. The van der Waals surface area contributed by atoms with E-state index >= 15 is 0 Å². The lowest BCUT2D eigenvalue weighted by Gasteiger charge is -2.11. The molecule has 0 saturated carbocycles. The maximum atomic E-state index is 11.8. The molecule has 4 nitrogen and oxygen atoms in total. The molecule has 0 saturated heterocycles. The van der Waals surface area contributed by atoms with Gasteiger partial charge in [-0.05, 0) is 22.8 Å². The largest absolute Gasteiger partial charge is 0.309 e. The van der Waals surface area contributed by atoms with Crippen molar-refractivity contribution in [2.45, 2.75) is 18.0 Å². The average molecular weight is 353 g/mol. The first-order valence-corrected chi connectivity index (χ1v) is 9.38. The zero-order valence-corrected chi connectivity index (χ0v) is 14.4. The van der Waals surface area contributed by atoms with Gasteiger partial charge in [0.25, 0.3) is 10.1 Å². The van der Waals surface area contributed by atoms with E-state index in [0.29, 0.717) is 18.7 Å². The van der Waals surface area contributed by atoms with E-state index in [9.17, 15) is 13.0 Å². The highest BCUT2D eigenvalue weighted by molar-refractivity contribution is 7.86. The molecule has 0 radical (unpaired) electrons. The van der Waals surface area contributed by atoms with Gasteiger partial charge in [-0.2, -0.15) is 8.42 Å². The zero-order chi connectivity index (χ0) is 17.7. The summed E-state index contributed by atoms with van der Waals surface area (Å²) >= 11 is 0. The second-order valence-corrected chi connectivity index (χ2v) is 7.15. The van der Waals surface area contributed by atoms with Gasteiger partial charge in [-0.25, -0.2) is 0 Å². The van der Waals surface area contributed by atoms with Crippen LogP contribution in [0.1, 0.15) is 11.1 Å². The Labute approximate surface area is 147 Å². The van der Waals surface area contributed by atoms with Gasteiger partial charge in [0.2, 0.25) is 0 Å². The Morgan fingerprint density at radius 3 is 2.00 bits per heavy atom. The fourth-order valence-corrected chi connectivity index (χ4v) is 3.46. The summed E-state index contributed by atoms with van der Waals surface area (Å²) < 4.78 is 33.2. The van der Waals surface area contributed by atoms with Crippen LogP contribution >= 0.6 is 0 Å². The van der Waals surface area contributed by atoms with Gasteiger partial charge in [0.05, 0.1) is 0 Å². The quantitative estimate of drug-likeness (QED) is 0.660. The Kier molecular flexibility index (Phi) is 5.28. The predicted molar refractivity (Wildman–Crippen MR) is 98.7 cm³/mol. The molecular formula is C20H19NO3S. The molecule has 5 heteroatoms. The van der Waals surface area contributed by atoms with Crippen LogP contribution in [-0.2, 0) is 23.2 Å². The minimum atomic E-state index is -4.31. The summed E-state index contributed by atoms with van der Waals surface area (Å²) in [6.07, 6.45) is 0. The van der Waals surface area contributed by atoms with Crippen molar-refractivity contribution >= 4 is 10.1 Å². The summed E-state index contributed by atoms with van der Waals surface area (Å²) in [7, 11) is -4.31. The monoisotopic (exact) mass is 353 g/mol. The molecule has 0 aliphatic carbocycles. The van der Waals surface area contributed by atoms with E-state index in [1.165, 1.54) is 6.07 Å². The first-order chi connectivity index (χ1) is 12.0. The summed E-state index contributed by atoms with van der Waals surface area (Å²) in [5.41, 5.74) is 3.19. The van der Waals surface area contributed by atoms with Crippen LogP contribution < -0.4 is 5.32 Å². The molecule has 0 amide bonds. The fourth-order valence-electron chi connectivity index (χ4n) is 2.69. The molecular weight excluding hydrogens is 334 g/mol. The number of hydrogen-bond donors (Lipinski definition) is 2. The minimum Gasteiger partial charge on any atom is -0.309 e. The Hall–Kier alpha value is -2.47. The van der Waals surface area contributed by atoms with E-state index in [1.807, 2.05) is 66.7 Å². The molecule has 0 bridgehead atoms. The van der Waals surface area contributed by atoms with E-state index < -0.39 is 10.1 Å². The molecule has 0 aliphatic heterocycles. The molecule has 0 unspecified atom stereocenters. The number of rotatable bonds is 6. The van der Waals surface area contributed by atoms with E-state index in [4.69, 9.17) is 0 Å². The molecule has 2 N–H and O–H groups in total. The van der Waals surface area contributed by atoms with Crippen LogP contribution in [0.25, 0.3) is 11.1 Å². The Balaban J connectivity index is 1.82. The highest BCUT2D eigenvalue weighted by Gasteiger charge is 2.17. The number of hydrogen-bond acceptors (Lipinski definition) is 3. The fraction of sp³-hybridized carbons (Fsp3) is 0.100. The van der Waals surface area contributed by atoms with Crippen molar-refractivity contribution in [1.82, 2.24) is 5.32 Å². The molecule has 0 fully saturated rings. The van der Waals surface area contributed by atoms with Crippen LogP contribution in [0.5, 0.6) is 0 Å². The lowest BCUT2D eigenvalue weighted by Crippen LogP contribution is -2.13. The van der Waals surface area contributed by atoms with Crippen molar-refractivity contribution in [3.8, 4) is 11.1 Å². The molecule has 0 aromatic heterocycles. The van der Waals surface area contributed by atoms with Crippen LogP contribution in [0.4, 0.5) is 0 Å². The topological polar surface area (TPSA) is 66.4 Å². The van der Waals surface area contributed by atoms with Crippen molar-refractivity contribution in [2.24, 2.45) is 0 Å². The van der Waals surface area contributed by atoms with E-state index in [2.05, 4.69) is 5.32 Å². The molecule has 128 valence electrons. The van der Waals surface area contributed by atoms with E-state index in [0.717, 1.165) is 16.7 Å². The second-order valence-electron chi connectivity index (χ2n) is 5.76. The van der Waals surface area contributed by atoms with Crippen LogP contribution in [0.3, 0.4) is 0 Å². The third kappa shape index (κ3) is 4.54. The minimum absolute atomic E-state index is 0.0716. The van der Waals surface area contributed by atoms with Crippen LogP contribution in [0.15, 0.2) is 83.8 Å². The molecule has 3 rings (SSSR count). The molecule has 0 heterocycles. The zero-order valence-electron chi connectivity index (χ0n) is 13.6. The van der Waals surface area contributed by atoms with E-state index in [-0.39, 0.29) is 4.90 Å². The lowest BCUT2D eigenvalue weighted by atomic mass is 10.0. The molecule has 3 aromatic rings. The predicted octanol–water partition coefficient (Wildman–Crippen LogP) is 3.89. The Morgan fingerprint density at radius 2 is 1.36 bits per heavy atom. The van der Waals surface area contributed by atoms with Gasteiger partial charge >= 0.3 is 0 Å². The molecule has 0 aliphatic rings. The number of nitrogens with one attached hydrogen (secondary N) is 1. The SMILES string of the molecule is O=S(=O)(O)c1cc(CNCc2ccccc2)ccc1-c1ccccc1. The standard InChI is InChI=1S/C20H19NO3S/c22-25(23,24)20-13-17(15-21-14-16-7-3-1-4-8-16)11-12-19(20)18-9-5-2-6-10-18/h1-13,21H,14-15H2,(H,22,23,24). The van der Waals surface area contributed by atoms with Gasteiger partial charge in [0, 0.05) is 18.7 Å². The first-order valence-electron chi connectivity index (χ1n) is 7.94. The second kappa shape index (κ2) is 7.61. The summed E-state index contributed by atoms with van der Waals surface area (Å²) in [6, 6.07) is 24.2. The number of benzene rings is 3. The van der Waals surface area contributed by atoms with Gasteiger partial charge in [0.15, 0.2) is 0 Å². The normalized spacial score (nSPS) is 11.4. The molecule has 0 atom stereocenters. The van der Waals surface area contributed by atoms with E-state index in [1.54, 1.807) is 6.07 Å². The lowest BCUT2D eigenvalue weighted by molar-refractivity contribution is 0.483. The highest BCUT2D eigenvalue weighted by atomic mass is 32.2. The third-order valence-electron chi connectivity index (χ3n) is 3.91. The summed E-state index contributed by atoms with van der Waals surface area (Å²) in [5, 5.41) is 3.28. The van der Waals surface area contributed by atoms with Crippen molar-refractivity contribution in [2.75, 3.05) is 0 Å². The van der Waals surface area contributed by atoms with Crippen LogP contribution in [-0.4, -0.2) is 13.0 Å².